The Bertz CT molecular complexity index is 850. The number of benzene rings is 2. The first-order chi connectivity index (χ1) is 13.1. The topological polar surface area (TPSA) is 40.6 Å². The second-order valence-corrected chi connectivity index (χ2v) is 9.29. The van der Waals surface area contributed by atoms with Gasteiger partial charge < -0.3 is 9.80 Å². The highest BCUT2D eigenvalue weighted by Gasteiger charge is 2.47. The number of thioether (sulfide) groups is 1. The van der Waals surface area contributed by atoms with E-state index >= 15 is 0 Å². The summed E-state index contributed by atoms with van der Waals surface area (Å²) < 4.78 is 0.910. The molecular formula is C21H21BrN2O2S. The zero-order valence-electron chi connectivity index (χ0n) is 14.9. The fourth-order valence-electron chi connectivity index (χ4n) is 3.91. The molecular weight excluding hydrogens is 424 g/mol. The summed E-state index contributed by atoms with van der Waals surface area (Å²) in [6, 6.07) is 17.0. The van der Waals surface area contributed by atoms with Crippen LogP contribution in [0, 0.1) is 0 Å². The molecule has 1 spiro atoms. The minimum atomic E-state index is -0.180. The van der Waals surface area contributed by atoms with E-state index in [0.29, 0.717) is 18.7 Å². The van der Waals surface area contributed by atoms with E-state index in [9.17, 15) is 9.59 Å². The molecule has 140 valence electrons. The maximum absolute atomic E-state index is 13.0. The lowest BCUT2D eigenvalue weighted by molar-refractivity contribution is 0.0498. The van der Waals surface area contributed by atoms with Crippen molar-refractivity contribution >= 4 is 39.5 Å². The Hall–Kier alpha value is -1.79. The smallest absolute Gasteiger partial charge is 0.254 e. The van der Waals surface area contributed by atoms with Gasteiger partial charge in [0, 0.05) is 41.0 Å². The van der Waals surface area contributed by atoms with Crippen molar-refractivity contribution in [1.82, 2.24) is 9.80 Å². The second-order valence-electron chi connectivity index (χ2n) is 6.92. The summed E-state index contributed by atoms with van der Waals surface area (Å²) in [4.78, 5) is 29.6. The van der Waals surface area contributed by atoms with Crippen LogP contribution < -0.4 is 0 Å². The summed E-state index contributed by atoms with van der Waals surface area (Å²) in [5.41, 5.74) is 1.45. The molecule has 2 aromatic rings. The SMILES string of the molecule is O=C(c1cccc(Br)c1)N1CCC2(CC1)SCCN2C(=O)c1ccccc1. The summed E-state index contributed by atoms with van der Waals surface area (Å²) >= 11 is 5.30. The Labute approximate surface area is 172 Å². The number of carbonyl (C=O) groups excluding carboxylic acids is 2. The number of carbonyl (C=O) groups is 2. The highest BCUT2D eigenvalue weighted by atomic mass is 79.9. The van der Waals surface area contributed by atoms with Crippen LogP contribution in [0.25, 0.3) is 0 Å². The zero-order valence-corrected chi connectivity index (χ0v) is 17.3. The van der Waals surface area contributed by atoms with Crippen molar-refractivity contribution < 1.29 is 9.59 Å². The highest BCUT2D eigenvalue weighted by molar-refractivity contribution is 9.10. The summed E-state index contributed by atoms with van der Waals surface area (Å²) in [6.45, 7) is 2.13. The minimum absolute atomic E-state index is 0.0649. The van der Waals surface area contributed by atoms with E-state index in [2.05, 4.69) is 15.9 Å². The lowest BCUT2D eigenvalue weighted by Gasteiger charge is -2.44. The Morgan fingerprint density at radius 2 is 1.59 bits per heavy atom. The number of likely N-dealkylation sites (tertiary alicyclic amines) is 1. The van der Waals surface area contributed by atoms with Crippen molar-refractivity contribution in [2.75, 3.05) is 25.4 Å². The first-order valence-electron chi connectivity index (χ1n) is 9.15. The molecule has 2 saturated heterocycles. The number of rotatable bonds is 2. The molecule has 2 fully saturated rings. The van der Waals surface area contributed by atoms with Crippen molar-refractivity contribution in [3.05, 3.63) is 70.2 Å². The van der Waals surface area contributed by atoms with Crippen LogP contribution in [0.2, 0.25) is 0 Å². The summed E-state index contributed by atoms with van der Waals surface area (Å²) in [6.07, 6.45) is 1.63. The van der Waals surface area contributed by atoms with Crippen LogP contribution in [-0.4, -0.2) is 51.9 Å². The first-order valence-corrected chi connectivity index (χ1v) is 10.9. The Balaban J connectivity index is 1.47. The van der Waals surface area contributed by atoms with Crippen LogP contribution in [0.5, 0.6) is 0 Å². The number of piperidine rings is 1. The van der Waals surface area contributed by atoms with E-state index in [-0.39, 0.29) is 16.7 Å². The lowest BCUT2D eigenvalue weighted by Crippen LogP contribution is -2.53. The van der Waals surface area contributed by atoms with Gasteiger partial charge in [-0.25, -0.2) is 0 Å². The van der Waals surface area contributed by atoms with Crippen LogP contribution in [0.3, 0.4) is 0 Å². The predicted octanol–water partition coefficient (Wildman–Crippen LogP) is 4.27. The van der Waals surface area contributed by atoms with Crippen molar-refractivity contribution in [3.63, 3.8) is 0 Å². The van der Waals surface area contributed by atoms with Crippen molar-refractivity contribution in [3.8, 4) is 0 Å². The molecule has 0 saturated carbocycles. The molecule has 4 rings (SSSR count). The van der Waals surface area contributed by atoms with Crippen LogP contribution in [0.4, 0.5) is 0 Å². The third kappa shape index (κ3) is 3.65. The molecule has 4 nitrogen and oxygen atoms in total. The predicted molar refractivity (Wildman–Crippen MR) is 112 cm³/mol. The van der Waals surface area contributed by atoms with Crippen LogP contribution in [-0.2, 0) is 0 Å². The standard InChI is InChI=1S/C21H21BrN2O2S/c22-18-8-4-7-17(15-18)19(25)23-11-9-21(10-12-23)24(13-14-27-21)20(26)16-5-2-1-3-6-16/h1-8,15H,9-14H2. The molecule has 0 radical (unpaired) electrons. The Morgan fingerprint density at radius 3 is 2.30 bits per heavy atom. The van der Waals surface area contributed by atoms with E-state index < -0.39 is 0 Å². The lowest BCUT2D eigenvalue weighted by atomic mass is 10.00. The number of hydrogen-bond acceptors (Lipinski definition) is 3. The van der Waals surface area contributed by atoms with Gasteiger partial charge in [-0.3, -0.25) is 9.59 Å². The average Bonchev–Trinajstić information content (AvgIpc) is 3.11. The highest BCUT2D eigenvalue weighted by Crippen LogP contribution is 2.44. The largest absolute Gasteiger partial charge is 0.338 e. The monoisotopic (exact) mass is 444 g/mol. The maximum Gasteiger partial charge on any atom is 0.254 e. The molecule has 2 aromatic carbocycles. The van der Waals surface area contributed by atoms with E-state index in [1.807, 2.05) is 76.2 Å². The normalized spacial score (nSPS) is 18.7. The van der Waals surface area contributed by atoms with Gasteiger partial charge in [-0.15, -0.1) is 11.8 Å². The minimum Gasteiger partial charge on any atom is -0.338 e. The summed E-state index contributed by atoms with van der Waals surface area (Å²) in [5, 5.41) is 0. The van der Waals surface area contributed by atoms with E-state index in [1.165, 1.54) is 0 Å². The van der Waals surface area contributed by atoms with Gasteiger partial charge in [0.25, 0.3) is 11.8 Å². The maximum atomic E-state index is 13.0. The van der Waals surface area contributed by atoms with Gasteiger partial charge >= 0.3 is 0 Å². The van der Waals surface area contributed by atoms with Gasteiger partial charge in [0.15, 0.2) is 0 Å². The zero-order chi connectivity index (χ0) is 18.9. The quantitative estimate of drug-likeness (QED) is 0.694. The summed E-state index contributed by atoms with van der Waals surface area (Å²) in [5.74, 6) is 1.13. The number of amides is 2. The molecule has 0 aliphatic carbocycles. The van der Waals surface area contributed by atoms with Gasteiger partial charge in [0.2, 0.25) is 0 Å². The van der Waals surface area contributed by atoms with Crippen LogP contribution in [0.1, 0.15) is 33.6 Å². The van der Waals surface area contributed by atoms with Crippen molar-refractivity contribution in [2.24, 2.45) is 0 Å². The van der Waals surface area contributed by atoms with Crippen molar-refractivity contribution in [1.29, 1.82) is 0 Å². The second kappa shape index (κ2) is 7.68. The van der Waals surface area contributed by atoms with Gasteiger partial charge in [-0.1, -0.05) is 40.2 Å². The molecule has 2 heterocycles. The average molecular weight is 445 g/mol. The fourth-order valence-corrected chi connectivity index (χ4v) is 5.76. The molecule has 6 heteroatoms. The Kier molecular flexibility index (Phi) is 5.28. The van der Waals surface area contributed by atoms with Crippen LogP contribution in [0.15, 0.2) is 59.1 Å². The molecule has 0 N–H and O–H groups in total. The van der Waals surface area contributed by atoms with E-state index in [0.717, 1.165) is 35.2 Å². The van der Waals surface area contributed by atoms with Gasteiger partial charge in [-0.2, -0.15) is 0 Å². The van der Waals surface area contributed by atoms with Gasteiger partial charge in [0.05, 0.1) is 4.87 Å². The van der Waals surface area contributed by atoms with E-state index in [4.69, 9.17) is 0 Å². The molecule has 0 atom stereocenters. The third-order valence-electron chi connectivity index (χ3n) is 5.35. The number of nitrogens with zero attached hydrogens (tertiary/aromatic N) is 2. The molecule has 2 aliphatic rings. The molecule has 2 amide bonds. The molecule has 0 aromatic heterocycles. The first kappa shape index (κ1) is 18.6. The van der Waals surface area contributed by atoms with E-state index in [1.54, 1.807) is 0 Å². The molecule has 27 heavy (non-hydrogen) atoms. The fraction of sp³-hybridized carbons (Fsp3) is 0.333. The Morgan fingerprint density at radius 1 is 0.889 bits per heavy atom. The van der Waals surface area contributed by atoms with Crippen LogP contribution >= 0.6 is 27.7 Å². The molecule has 2 aliphatic heterocycles. The number of hydrogen-bond donors (Lipinski definition) is 0. The molecule has 0 bridgehead atoms. The van der Waals surface area contributed by atoms with Crippen molar-refractivity contribution in [2.45, 2.75) is 17.7 Å². The van der Waals surface area contributed by atoms with Gasteiger partial charge in [0.1, 0.15) is 0 Å². The third-order valence-corrected chi connectivity index (χ3v) is 7.39. The summed E-state index contributed by atoms with van der Waals surface area (Å²) in [7, 11) is 0. The number of halogens is 1. The van der Waals surface area contributed by atoms with Gasteiger partial charge in [-0.05, 0) is 43.2 Å². The molecule has 0 unspecified atom stereocenters.